The van der Waals surface area contributed by atoms with Crippen LogP contribution in [0.3, 0.4) is 0 Å². The van der Waals surface area contributed by atoms with Gasteiger partial charge in [-0.2, -0.15) is 4.98 Å². The molecule has 1 amide bonds. The van der Waals surface area contributed by atoms with E-state index >= 15 is 0 Å². The summed E-state index contributed by atoms with van der Waals surface area (Å²) >= 11 is 0. The van der Waals surface area contributed by atoms with E-state index in [0.29, 0.717) is 51.4 Å². The summed E-state index contributed by atoms with van der Waals surface area (Å²) in [5, 5.41) is 10.9. The van der Waals surface area contributed by atoms with Crippen molar-refractivity contribution < 1.29 is 18.7 Å². The summed E-state index contributed by atoms with van der Waals surface area (Å²) in [4.78, 5) is 18.3. The number of hydrogen-bond donors (Lipinski definition) is 2. The highest BCUT2D eigenvalue weighted by molar-refractivity contribution is 6.06. The minimum Gasteiger partial charge on any atom is -0.493 e. The number of halogens is 1. The maximum atomic E-state index is 13.7. The molecule has 0 bridgehead atoms. The molecular weight excluding hydrogens is 461 g/mol. The van der Waals surface area contributed by atoms with Crippen LogP contribution in [-0.2, 0) is 4.79 Å². The second-order valence-electron chi connectivity index (χ2n) is 8.18. The van der Waals surface area contributed by atoms with Gasteiger partial charge in [0.15, 0.2) is 17.3 Å². The van der Waals surface area contributed by atoms with E-state index in [1.165, 1.54) is 12.1 Å². The highest BCUT2D eigenvalue weighted by atomic mass is 19.1. The van der Waals surface area contributed by atoms with Gasteiger partial charge < -0.3 is 20.1 Å². The van der Waals surface area contributed by atoms with Crippen LogP contribution in [-0.4, -0.2) is 34.9 Å². The van der Waals surface area contributed by atoms with E-state index < -0.39 is 6.04 Å². The van der Waals surface area contributed by atoms with Crippen molar-refractivity contribution in [3.05, 3.63) is 95.4 Å². The number of carbonyl (C=O) groups excluding carboxylic acids is 1. The number of allylic oxidation sites excluding steroid dienone is 1. The summed E-state index contributed by atoms with van der Waals surface area (Å²) in [5.41, 5.74) is 3.03. The number of nitrogens with one attached hydrogen (secondary N) is 2. The molecule has 1 aliphatic heterocycles. The number of aromatic nitrogens is 3. The van der Waals surface area contributed by atoms with Gasteiger partial charge in [-0.25, -0.2) is 9.07 Å². The number of rotatable bonds is 6. The van der Waals surface area contributed by atoms with Crippen LogP contribution < -0.4 is 20.1 Å². The number of ether oxygens (including phenoxy) is 2. The molecule has 3 aromatic carbocycles. The lowest BCUT2D eigenvalue weighted by Crippen LogP contribution is -2.31. The van der Waals surface area contributed by atoms with Crippen LogP contribution in [0.2, 0.25) is 0 Å². The molecule has 1 aromatic heterocycles. The van der Waals surface area contributed by atoms with Gasteiger partial charge in [-0.1, -0.05) is 30.3 Å². The molecular formula is C27H24FN5O3. The minimum absolute atomic E-state index is 0.300. The normalized spacial score (nSPS) is 14.6. The maximum absolute atomic E-state index is 13.7. The molecule has 8 nitrogen and oxygen atoms in total. The number of anilines is 2. The van der Waals surface area contributed by atoms with Crippen LogP contribution in [0, 0.1) is 5.82 Å². The third kappa shape index (κ3) is 4.15. The molecule has 1 atom stereocenters. The van der Waals surface area contributed by atoms with Crippen molar-refractivity contribution in [2.24, 2.45) is 0 Å². The Hall–Kier alpha value is -4.66. The maximum Gasteiger partial charge on any atom is 0.255 e. The molecule has 0 aliphatic carbocycles. The predicted molar refractivity (Wildman–Crippen MR) is 134 cm³/mol. The van der Waals surface area contributed by atoms with E-state index in [0.717, 1.165) is 0 Å². The van der Waals surface area contributed by atoms with Gasteiger partial charge in [0, 0.05) is 22.5 Å². The summed E-state index contributed by atoms with van der Waals surface area (Å²) in [5.74, 6) is 1.19. The lowest BCUT2D eigenvalue weighted by atomic mass is 9.94. The smallest absolute Gasteiger partial charge is 0.255 e. The average molecular weight is 486 g/mol. The average Bonchev–Trinajstić information content (AvgIpc) is 3.31. The summed E-state index contributed by atoms with van der Waals surface area (Å²) < 4.78 is 26.4. The first-order chi connectivity index (χ1) is 17.5. The van der Waals surface area contributed by atoms with Crippen molar-refractivity contribution in [1.29, 1.82) is 0 Å². The fourth-order valence-electron chi connectivity index (χ4n) is 4.30. The Kier molecular flexibility index (Phi) is 6.12. The highest BCUT2D eigenvalue weighted by Crippen LogP contribution is 2.43. The molecule has 5 rings (SSSR count). The second-order valence-corrected chi connectivity index (χ2v) is 8.18. The topological polar surface area (TPSA) is 90.3 Å². The lowest BCUT2D eigenvalue weighted by Gasteiger charge is -2.30. The number of methoxy groups -OCH3 is 2. The number of fused-ring (bicyclic) bond motifs is 1. The van der Waals surface area contributed by atoms with Gasteiger partial charge in [0.05, 0.1) is 19.8 Å². The molecule has 0 saturated heterocycles. The Morgan fingerprint density at radius 3 is 2.44 bits per heavy atom. The van der Waals surface area contributed by atoms with Crippen molar-refractivity contribution in [3.63, 3.8) is 0 Å². The standard InChI is InChI=1S/C27H24FN5O3/c1-16-22(26(34)30-19-8-5-4-6-9-19)23(20-10-7-11-21(35-2)24(20)36-3)33-27(29-16)31-25(32-33)17-12-14-18(28)15-13-17/h4-15,23H,1-3H3,(H,30,34)(H,29,31,32). The van der Waals surface area contributed by atoms with Crippen molar-refractivity contribution in [2.45, 2.75) is 13.0 Å². The summed E-state index contributed by atoms with van der Waals surface area (Å²) in [6.45, 7) is 1.81. The number of hydrogen-bond acceptors (Lipinski definition) is 6. The Labute approximate surface area is 207 Å². The van der Waals surface area contributed by atoms with Gasteiger partial charge >= 0.3 is 0 Å². The molecule has 2 heterocycles. The van der Waals surface area contributed by atoms with E-state index in [1.54, 1.807) is 37.1 Å². The number of amides is 1. The van der Waals surface area contributed by atoms with Gasteiger partial charge in [-0.05, 0) is 49.4 Å². The number of carbonyl (C=O) groups is 1. The Morgan fingerprint density at radius 1 is 1.00 bits per heavy atom. The van der Waals surface area contributed by atoms with Crippen LogP contribution in [0.1, 0.15) is 18.5 Å². The molecule has 4 aromatic rings. The molecule has 36 heavy (non-hydrogen) atoms. The number of benzene rings is 3. The zero-order valence-electron chi connectivity index (χ0n) is 19.9. The zero-order chi connectivity index (χ0) is 25.2. The first-order valence-corrected chi connectivity index (χ1v) is 11.3. The fraction of sp³-hybridized carbons (Fsp3) is 0.148. The Bertz CT molecular complexity index is 1450. The summed E-state index contributed by atoms with van der Waals surface area (Å²) in [7, 11) is 3.11. The van der Waals surface area contributed by atoms with Crippen LogP contribution in [0.25, 0.3) is 11.4 Å². The number of para-hydroxylation sites is 2. The van der Waals surface area contributed by atoms with Crippen LogP contribution in [0.4, 0.5) is 16.0 Å². The van der Waals surface area contributed by atoms with Crippen LogP contribution >= 0.6 is 0 Å². The quantitative estimate of drug-likeness (QED) is 0.398. The second kappa shape index (κ2) is 9.53. The van der Waals surface area contributed by atoms with E-state index in [9.17, 15) is 9.18 Å². The molecule has 0 spiro atoms. The molecule has 1 aliphatic rings. The van der Waals surface area contributed by atoms with Crippen molar-refractivity contribution in [1.82, 2.24) is 14.8 Å². The fourth-order valence-corrected chi connectivity index (χ4v) is 4.30. The van der Waals surface area contributed by atoms with Gasteiger partial charge in [-0.3, -0.25) is 4.79 Å². The zero-order valence-corrected chi connectivity index (χ0v) is 19.9. The number of nitrogens with zero attached hydrogens (tertiary/aromatic N) is 3. The third-order valence-corrected chi connectivity index (χ3v) is 5.96. The van der Waals surface area contributed by atoms with E-state index in [2.05, 4.69) is 15.6 Å². The Morgan fingerprint density at radius 2 is 1.75 bits per heavy atom. The van der Waals surface area contributed by atoms with Gasteiger partial charge in [0.25, 0.3) is 5.91 Å². The third-order valence-electron chi connectivity index (χ3n) is 5.96. The van der Waals surface area contributed by atoms with Gasteiger partial charge in [-0.15, -0.1) is 5.10 Å². The lowest BCUT2D eigenvalue weighted by molar-refractivity contribution is -0.113. The molecule has 0 fully saturated rings. The van der Waals surface area contributed by atoms with E-state index in [-0.39, 0.29) is 11.7 Å². The molecule has 2 N–H and O–H groups in total. The molecule has 0 saturated carbocycles. The molecule has 0 radical (unpaired) electrons. The first-order valence-electron chi connectivity index (χ1n) is 11.3. The van der Waals surface area contributed by atoms with Crippen molar-refractivity contribution in [3.8, 4) is 22.9 Å². The van der Waals surface area contributed by atoms with E-state index in [4.69, 9.17) is 14.6 Å². The Balaban J connectivity index is 1.67. The van der Waals surface area contributed by atoms with Crippen molar-refractivity contribution >= 4 is 17.5 Å². The largest absolute Gasteiger partial charge is 0.493 e. The molecule has 9 heteroatoms. The SMILES string of the molecule is COc1cccc(C2C(C(=O)Nc3ccccc3)=C(C)Nc3nc(-c4ccc(F)cc4)nn32)c1OC. The van der Waals surface area contributed by atoms with Crippen molar-refractivity contribution in [2.75, 3.05) is 24.9 Å². The predicted octanol–water partition coefficient (Wildman–Crippen LogP) is 5.03. The molecule has 1 unspecified atom stereocenters. The minimum atomic E-state index is -0.684. The van der Waals surface area contributed by atoms with Gasteiger partial charge in [0.1, 0.15) is 11.9 Å². The molecule has 182 valence electrons. The van der Waals surface area contributed by atoms with Gasteiger partial charge in [0.2, 0.25) is 5.95 Å². The van der Waals surface area contributed by atoms with Crippen LogP contribution in [0.15, 0.2) is 84.1 Å². The summed E-state index contributed by atoms with van der Waals surface area (Å²) in [6, 6.07) is 20.0. The monoisotopic (exact) mass is 485 g/mol. The highest BCUT2D eigenvalue weighted by Gasteiger charge is 2.36. The first kappa shape index (κ1) is 23.1. The van der Waals surface area contributed by atoms with Crippen LogP contribution in [0.5, 0.6) is 11.5 Å². The summed E-state index contributed by atoms with van der Waals surface area (Å²) in [6.07, 6.45) is 0. The van der Waals surface area contributed by atoms with E-state index in [1.807, 2.05) is 49.4 Å².